The Labute approximate surface area is 233 Å². The smallest absolute Gasteiger partial charge is 0.134 e. The van der Waals surface area contributed by atoms with Gasteiger partial charge in [-0.2, -0.15) is 0 Å². The molecule has 0 aliphatic carbocycles. The molecule has 3 nitrogen and oxygen atoms in total. The number of hydrogen-bond donors (Lipinski definition) is 2. The van der Waals surface area contributed by atoms with Crippen LogP contribution in [0.15, 0.2) is 58.3 Å². The van der Waals surface area contributed by atoms with Crippen LogP contribution >= 0.6 is 46.7 Å². The first-order valence-electron chi connectivity index (χ1n) is 12.3. The number of unbranched alkanes of at least 4 members (excludes halogenated alkanes) is 5. The summed E-state index contributed by atoms with van der Waals surface area (Å²) in [6, 6.07) is 15.0. The summed E-state index contributed by atoms with van der Waals surface area (Å²) in [5, 5.41) is 20.2. The van der Waals surface area contributed by atoms with Gasteiger partial charge in [0.15, 0.2) is 0 Å². The molecule has 0 saturated heterocycles. The van der Waals surface area contributed by atoms with Crippen LogP contribution in [0, 0.1) is 6.92 Å². The number of ether oxygens (including phenoxy) is 1. The number of aromatic hydroxyl groups is 2. The summed E-state index contributed by atoms with van der Waals surface area (Å²) in [4.78, 5) is 1.99. The summed E-state index contributed by atoms with van der Waals surface area (Å²) in [5.41, 5.74) is 3.48. The highest BCUT2D eigenvalue weighted by Gasteiger charge is 2.14. The Kier molecular flexibility index (Phi) is 12.0. The Hall–Kier alpha value is -1.66. The van der Waals surface area contributed by atoms with Gasteiger partial charge in [0.25, 0.3) is 0 Å². The second kappa shape index (κ2) is 14.9. The van der Waals surface area contributed by atoms with Gasteiger partial charge in [0.1, 0.15) is 17.2 Å². The van der Waals surface area contributed by atoms with Crippen LogP contribution in [0.4, 0.5) is 0 Å². The lowest BCUT2D eigenvalue weighted by Crippen LogP contribution is -2.04. The number of rotatable bonds is 14. The van der Waals surface area contributed by atoms with Crippen molar-refractivity contribution >= 4 is 46.7 Å². The Balaban J connectivity index is 1.75. The van der Waals surface area contributed by atoms with Crippen molar-refractivity contribution in [3.8, 4) is 17.2 Å². The normalized spacial score (nSPS) is 11.1. The predicted octanol–water partition coefficient (Wildman–Crippen LogP) is 10.0. The van der Waals surface area contributed by atoms with Gasteiger partial charge < -0.3 is 14.9 Å². The quantitative estimate of drug-likeness (QED) is 0.150. The zero-order chi connectivity index (χ0) is 25.9. The molecule has 36 heavy (non-hydrogen) atoms. The molecule has 0 atom stereocenters. The van der Waals surface area contributed by atoms with E-state index in [-0.39, 0.29) is 11.5 Å². The van der Waals surface area contributed by atoms with Crippen molar-refractivity contribution in [1.29, 1.82) is 0 Å². The van der Waals surface area contributed by atoms with Crippen molar-refractivity contribution in [1.82, 2.24) is 0 Å². The number of hydrogen-bond acceptors (Lipinski definition) is 5. The van der Waals surface area contributed by atoms with Gasteiger partial charge in [0, 0.05) is 32.4 Å². The maximum absolute atomic E-state index is 9.73. The van der Waals surface area contributed by atoms with Gasteiger partial charge in [-0.3, -0.25) is 0 Å². The predicted molar refractivity (Wildman–Crippen MR) is 155 cm³/mol. The van der Waals surface area contributed by atoms with Crippen LogP contribution in [0.2, 0.25) is 10.0 Å². The highest BCUT2D eigenvalue weighted by Crippen LogP contribution is 2.38. The van der Waals surface area contributed by atoms with Crippen molar-refractivity contribution < 1.29 is 14.9 Å². The van der Waals surface area contributed by atoms with Crippen molar-refractivity contribution in [2.24, 2.45) is 0 Å². The van der Waals surface area contributed by atoms with Crippen LogP contribution in [0.5, 0.6) is 17.2 Å². The van der Waals surface area contributed by atoms with Gasteiger partial charge in [0.2, 0.25) is 0 Å². The van der Waals surface area contributed by atoms with E-state index < -0.39 is 0 Å². The van der Waals surface area contributed by atoms with E-state index in [4.69, 9.17) is 27.9 Å². The molecule has 0 unspecified atom stereocenters. The van der Waals surface area contributed by atoms with E-state index in [1.807, 2.05) is 12.1 Å². The molecule has 0 radical (unpaired) electrons. The molecule has 0 amide bonds. The van der Waals surface area contributed by atoms with Crippen LogP contribution in [0.1, 0.15) is 62.1 Å². The first-order chi connectivity index (χ1) is 17.4. The lowest BCUT2D eigenvalue weighted by Gasteiger charge is -2.18. The van der Waals surface area contributed by atoms with E-state index in [1.54, 1.807) is 47.8 Å². The lowest BCUT2D eigenvalue weighted by atomic mass is 10.1. The molecule has 0 saturated carbocycles. The zero-order valence-corrected chi connectivity index (χ0v) is 24.0. The molecule has 0 aromatic heterocycles. The Morgan fingerprint density at radius 2 is 1.22 bits per heavy atom. The number of aryl methyl sites for hydroxylation is 1. The fourth-order valence-corrected chi connectivity index (χ4v) is 6.16. The van der Waals surface area contributed by atoms with Crippen molar-refractivity contribution in [2.45, 2.75) is 73.7 Å². The molecule has 3 aromatic rings. The van der Waals surface area contributed by atoms with Crippen LogP contribution in [-0.4, -0.2) is 16.8 Å². The Bertz CT molecular complexity index is 1060. The highest BCUT2D eigenvalue weighted by molar-refractivity contribution is 7.98. The van der Waals surface area contributed by atoms with Crippen LogP contribution in [0.25, 0.3) is 0 Å². The number of thioether (sulfide) groups is 2. The zero-order valence-electron chi connectivity index (χ0n) is 20.9. The number of phenols is 2. The molecule has 0 aliphatic heterocycles. The van der Waals surface area contributed by atoms with E-state index in [0.717, 1.165) is 44.6 Å². The minimum atomic E-state index is 0.0909. The fraction of sp³-hybridized carbons (Fsp3) is 0.379. The molecule has 0 bridgehead atoms. The van der Waals surface area contributed by atoms with E-state index in [0.29, 0.717) is 16.7 Å². The van der Waals surface area contributed by atoms with E-state index in [9.17, 15) is 10.2 Å². The summed E-state index contributed by atoms with van der Waals surface area (Å²) in [5.74, 6) is 2.60. The minimum Gasteiger partial charge on any atom is -0.506 e. The van der Waals surface area contributed by atoms with Crippen LogP contribution < -0.4 is 4.74 Å². The number of phenolic OH excluding ortho intramolecular Hbond substituents is 2. The van der Waals surface area contributed by atoms with Gasteiger partial charge >= 0.3 is 0 Å². The SMILES string of the molecule is CCCCCCCCOc1c(CSc2ccc(O)c(Cl)c2)cc(C)cc1CSc1ccc(O)c(Cl)c1. The third-order valence-corrected chi connectivity index (χ3v) is 8.45. The molecular weight excluding hydrogens is 531 g/mol. The highest BCUT2D eigenvalue weighted by atomic mass is 35.5. The van der Waals surface area contributed by atoms with E-state index >= 15 is 0 Å². The Morgan fingerprint density at radius 1 is 0.722 bits per heavy atom. The molecule has 2 N–H and O–H groups in total. The first-order valence-corrected chi connectivity index (χ1v) is 15.1. The molecular formula is C29H34Cl2O3S2. The fourth-order valence-electron chi connectivity index (χ4n) is 3.86. The van der Waals surface area contributed by atoms with E-state index in [1.165, 1.54) is 37.7 Å². The monoisotopic (exact) mass is 564 g/mol. The lowest BCUT2D eigenvalue weighted by molar-refractivity contribution is 0.300. The number of benzene rings is 3. The summed E-state index contributed by atoms with van der Waals surface area (Å²) in [7, 11) is 0. The minimum absolute atomic E-state index is 0.0909. The third kappa shape index (κ3) is 9.02. The molecule has 0 aliphatic rings. The van der Waals surface area contributed by atoms with Crippen molar-refractivity contribution in [3.05, 3.63) is 75.3 Å². The average molecular weight is 566 g/mol. The molecule has 0 fully saturated rings. The second-order valence-corrected chi connectivity index (χ2v) is 11.7. The summed E-state index contributed by atoms with van der Waals surface area (Å²) in [6.07, 6.45) is 7.30. The largest absolute Gasteiger partial charge is 0.506 e. The van der Waals surface area contributed by atoms with Gasteiger partial charge in [-0.1, -0.05) is 79.9 Å². The molecule has 3 aromatic carbocycles. The molecule has 0 heterocycles. The second-order valence-electron chi connectivity index (χ2n) is 8.83. The van der Waals surface area contributed by atoms with Crippen LogP contribution in [-0.2, 0) is 11.5 Å². The van der Waals surface area contributed by atoms with Gasteiger partial charge in [-0.25, -0.2) is 0 Å². The topological polar surface area (TPSA) is 49.7 Å². The molecule has 7 heteroatoms. The van der Waals surface area contributed by atoms with Gasteiger partial charge in [-0.15, -0.1) is 23.5 Å². The number of halogens is 2. The molecule has 194 valence electrons. The molecule has 0 spiro atoms. The molecule has 3 rings (SSSR count). The van der Waals surface area contributed by atoms with Gasteiger partial charge in [-0.05, 0) is 49.7 Å². The summed E-state index contributed by atoms with van der Waals surface area (Å²) < 4.78 is 6.43. The first kappa shape index (κ1) is 28.9. The maximum Gasteiger partial charge on any atom is 0.134 e. The van der Waals surface area contributed by atoms with E-state index in [2.05, 4.69) is 26.0 Å². The third-order valence-electron chi connectivity index (χ3n) is 5.76. The average Bonchev–Trinajstić information content (AvgIpc) is 2.85. The standard InChI is InChI=1S/C29H34Cl2O3S2/c1-3-4-5-6-7-8-13-34-29-21(18-35-23-9-11-27(32)25(30)16-23)14-20(2)15-22(29)19-36-24-10-12-28(33)26(31)17-24/h9-12,14-17,32-33H,3-8,13,18-19H2,1-2H3. The van der Waals surface area contributed by atoms with Crippen molar-refractivity contribution in [3.63, 3.8) is 0 Å². The van der Waals surface area contributed by atoms with Crippen LogP contribution in [0.3, 0.4) is 0 Å². The summed E-state index contributed by atoms with van der Waals surface area (Å²) >= 11 is 15.6. The van der Waals surface area contributed by atoms with Crippen molar-refractivity contribution in [2.75, 3.05) is 6.61 Å². The van der Waals surface area contributed by atoms with Gasteiger partial charge in [0.05, 0.1) is 16.7 Å². The Morgan fingerprint density at radius 3 is 1.72 bits per heavy atom. The summed E-state index contributed by atoms with van der Waals surface area (Å²) in [6.45, 7) is 5.03. The maximum atomic E-state index is 9.73.